The molecule has 2 unspecified atom stereocenters. The van der Waals surface area contributed by atoms with Crippen molar-refractivity contribution in [1.29, 1.82) is 0 Å². The Labute approximate surface area is 303 Å². The zero-order chi connectivity index (χ0) is 38.6. The summed E-state index contributed by atoms with van der Waals surface area (Å²) in [7, 11) is 3.91. The van der Waals surface area contributed by atoms with Crippen LogP contribution < -0.4 is 9.47 Å². The Bertz CT molecular complexity index is 1460. The van der Waals surface area contributed by atoms with Crippen molar-refractivity contribution < 1.29 is 93.1 Å². The molecule has 2 saturated heterocycles. The summed E-state index contributed by atoms with van der Waals surface area (Å²) in [5.74, 6) is -2.79. The minimum absolute atomic E-state index is 0.0965. The average Bonchev–Trinajstić information content (AvgIpc) is 3.61. The maximum Gasteiger partial charge on any atom is 0.337 e. The molecular formula is C34H46O19. The second kappa shape index (κ2) is 17.7. The fraction of sp³-hybridized carbons (Fsp3) is 0.647. The number of aromatic hydroxyl groups is 1. The molecule has 0 amide bonds. The summed E-state index contributed by atoms with van der Waals surface area (Å²) in [5, 5.41) is 83.8. The smallest absolute Gasteiger partial charge is 0.337 e. The van der Waals surface area contributed by atoms with Gasteiger partial charge in [0, 0.05) is 24.5 Å². The predicted octanol–water partition coefficient (Wildman–Crippen LogP) is -2.34. The molecule has 5 rings (SSSR count). The number of aliphatic hydroxyl groups excluding tert-OH is 7. The Morgan fingerprint density at radius 3 is 2.02 bits per heavy atom. The topological polar surface area (TPSA) is 279 Å². The highest BCUT2D eigenvalue weighted by Gasteiger charge is 2.52. The second-order valence-electron chi connectivity index (χ2n) is 13.0. The Morgan fingerprint density at radius 2 is 1.42 bits per heavy atom. The van der Waals surface area contributed by atoms with E-state index in [4.69, 9.17) is 42.6 Å². The third kappa shape index (κ3) is 8.71. The molecule has 4 aliphatic rings. The third-order valence-electron chi connectivity index (χ3n) is 9.89. The first-order chi connectivity index (χ1) is 25.3. The number of phenols is 1. The lowest BCUT2D eigenvalue weighted by atomic mass is 9.83. The summed E-state index contributed by atoms with van der Waals surface area (Å²) in [6.07, 6.45) is -13.2. The van der Waals surface area contributed by atoms with Gasteiger partial charge < -0.3 is 83.5 Å². The molecule has 14 atom stereocenters. The third-order valence-corrected chi connectivity index (χ3v) is 9.89. The number of fused-ring (bicyclic) bond motifs is 1. The van der Waals surface area contributed by atoms with Crippen molar-refractivity contribution >= 4 is 18.0 Å². The van der Waals surface area contributed by atoms with Gasteiger partial charge in [-0.25, -0.2) is 9.59 Å². The number of benzene rings is 1. The highest BCUT2D eigenvalue weighted by atomic mass is 16.8. The molecular weight excluding hydrogens is 712 g/mol. The summed E-state index contributed by atoms with van der Waals surface area (Å²) in [6.45, 7) is -1.44. The van der Waals surface area contributed by atoms with Crippen molar-refractivity contribution in [3.05, 3.63) is 35.6 Å². The number of carbonyl (C=O) groups is 2. The minimum Gasteiger partial charge on any atom is -0.502 e. The first-order valence-electron chi connectivity index (χ1n) is 16.8. The predicted molar refractivity (Wildman–Crippen MR) is 173 cm³/mol. The molecule has 1 saturated carbocycles. The van der Waals surface area contributed by atoms with E-state index in [1.165, 1.54) is 45.8 Å². The molecule has 296 valence electrons. The van der Waals surface area contributed by atoms with Crippen LogP contribution in [0.4, 0.5) is 0 Å². The number of carbonyl (C=O) groups excluding carboxylic acids is 2. The Balaban J connectivity index is 1.19. The zero-order valence-electron chi connectivity index (χ0n) is 29.1. The molecule has 8 N–H and O–H groups in total. The molecule has 3 aliphatic heterocycles. The Hall–Kier alpha value is -3.60. The second-order valence-corrected chi connectivity index (χ2v) is 13.0. The Kier molecular flexibility index (Phi) is 13.5. The fourth-order valence-electron chi connectivity index (χ4n) is 6.92. The van der Waals surface area contributed by atoms with Gasteiger partial charge in [0.2, 0.25) is 12.0 Å². The molecule has 19 nitrogen and oxygen atoms in total. The van der Waals surface area contributed by atoms with E-state index in [0.29, 0.717) is 18.4 Å². The van der Waals surface area contributed by atoms with Crippen LogP contribution in [0.5, 0.6) is 17.2 Å². The number of ether oxygens (including phenoxy) is 9. The van der Waals surface area contributed by atoms with E-state index in [2.05, 4.69) is 0 Å². The lowest BCUT2D eigenvalue weighted by Gasteiger charge is -2.44. The molecule has 0 aromatic heterocycles. The van der Waals surface area contributed by atoms with Crippen LogP contribution in [0.1, 0.15) is 18.4 Å². The van der Waals surface area contributed by atoms with Crippen molar-refractivity contribution in [3.63, 3.8) is 0 Å². The zero-order valence-corrected chi connectivity index (χ0v) is 29.1. The molecule has 3 fully saturated rings. The number of aliphatic hydroxyl groups is 7. The molecule has 1 aromatic carbocycles. The van der Waals surface area contributed by atoms with Crippen molar-refractivity contribution in [1.82, 2.24) is 0 Å². The molecule has 0 radical (unpaired) electrons. The van der Waals surface area contributed by atoms with Gasteiger partial charge in [0.05, 0.1) is 39.8 Å². The molecule has 1 aliphatic carbocycles. The van der Waals surface area contributed by atoms with Crippen molar-refractivity contribution in [2.45, 2.75) is 80.5 Å². The van der Waals surface area contributed by atoms with E-state index in [-0.39, 0.29) is 35.3 Å². The van der Waals surface area contributed by atoms with Gasteiger partial charge in [-0.05, 0) is 42.5 Å². The van der Waals surface area contributed by atoms with Crippen molar-refractivity contribution in [3.8, 4) is 17.2 Å². The lowest BCUT2D eigenvalue weighted by Crippen LogP contribution is -2.62. The standard InChI is InChI=1S/C34H46O19/c1-45-18-8-14(9-19(46-2)24(18)37)4-7-22(36)48-12-20-25(38)27(40)29(42)33(51-20)50-13-21-26(39)28(41)30(43)34(52-21)53-32-23-15(10-35)5-6-16(23)17(11-49-32)31(44)47-3/h4,7-9,11,15-16,20-21,23,25-30,32-35,37-43H,5-6,10,12-13H2,1-3H3/b7-4+/t15?,16-,20-,21-,23?,25-,26-,27+,28+,29-,30-,32+,33-,34+/m1/s1. The molecule has 0 spiro atoms. The van der Waals surface area contributed by atoms with Crippen molar-refractivity contribution in [2.75, 3.05) is 41.2 Å². The van der Waals surface area contributed by atoms with Crippen LogP contribution >= 0.6 is 0 Å². The van der Waals surface area contributed by atoms with Crippen LogP contribution in [0.25, 0.3) is 6.08 Å². The van der Waals surface area contributed by atoms with E-state index < -0.39 is 105 Å². The van der Waals surface area contributed by atoms with Crippen LogP contribution in [-0.2, 0) is 42.7 Å². The van der Waals surface area contributed by atoms with Gasteiger partial charge in [-0.3, -0.25) is 0 Å². The highest BCUT2D eigenvalue weighted by Crippen LogP contribution is 2.47. The van der Waals surface area contributed by atoms with Crippen LogP contribution in [0, 0.1) is 17.8 Å². The summed E-state index contributed by atoms with van der Waals surface area (Å²) in [6, 6.07) is 2.88. The van der Waals surface area contributed by atoms with Gasteiger partial charge in [0.15, 0.2) is 24.1 Å². The SMILES string of the molecule is COC(=O)C1=CO[C@@H](O[C@@H]2O[C@H](CO[C@@H]3O[C@H](COC(=O)/C=C/c4cc(OC)c(O)c(OC)c4)[C@@H](O)[C@H](O)[C@H]3O)[C@@H](O)[C@H](O)[C@H]2O)C2C(CO)CC[C@H]12. The van der Waals surface area contributed by atoms with Gasteiger partial charge in [-0.1, -0.05) is 0 Å². The average molecular weight is 759 g/mol. The number of hydrogen-bond donors (Lipinski definition) is 8. The summed E-state index contributed by atoms with van der Waals surface area (Å²) in [4.78, 5) is 24.8. The maximum atomic E-state index is 12.5. The fourth-order valence-corrected chi connectivity index (χ4v) is 6.92. The van der Waals surface area contributed by atoms with E-state index in [1.807, 2.05) is 0 Å². The lowest BCUT2D eigenvalue weighted by molar-refractivity contribution is -0.354. The van der Waals surface area contributed by atoms with Crippen LogP contribution in [0.15, 0.2) is 30.0 Å². The van der Waals surface area contributed by atoms with E-state index in [1.54, 1.807) is 0 Å². The van der Waals surface area contributed by atoms with Gasteiger partial charge in [-0.15, -0.1) is 0 Å². The normalized spacial score (nSPS) is 37.0. The van der Waals surface area contributed by atoms with Crippen LogP contribution in [0.2, 0.25) is 0 Å². The van der Waals surface area contributed by atoms with Gasteiger partial charge in [-0.2, -0.15) is 0 Å². The number of phenolic OH excluding ortho intramolecular Hbond substituents is 1. The van der Waals surface area contributed by atoms with E-state index >= 15 is 0 Å². The van der Waals surface area contributed by atoms with Crippen LogP contribution in [0.3, 0.4) is 0 Å². The number of rotatable bonds is 13. The molecule has 19 heteroatoms. The molecule has 1 aromatic rings. The van der Waals surface area contributed by atoms with Crippen molar-refractivity contribution in [2.24, 2.45) is 17.8 Å². The molecule has 53 heavy (non-hydrogen) atoms. The maximum absolute atomic E-state index is 12.5. The minimum atomic E-state index is -1.82. The first-order valence-corrected chi connectivity index (χ1v) is 16.8. The van der Waals surface area contributed by atoms with Gasteiger partial charge in [0.25, 0.3) is 0 Å². The summed E-state index contributed by atoms with van der Waals surface area (Å²) in [5.41, 5.74) is 0.680. The van der Waals surface area contributed by atoms with E-state index in [0.717, 1.165) is 6.08 Å². The quantitative estimate of drug-likeness (QED) is 0.0773. The number of esters is 2. The monoisotopic (exact) mass is 758 g/mol. The number of methoxy groups -OCH3 is 3. The number of hydrogen-bond acceptors (Lipinski definition) is 19. The molecule has 3 heterocycles. The van der Waals surface area contributed by atoms with Gasteiger partial charge in [0.1, 0.15) is 55.4 Å². The largest absolute Gasteiger partial charge is 0.502 e. The van der Waals surface area contributed by atoms with Gasteiger partial charge >= 0.3 is 11.9 Å². The summed E-state index contributed by atoms with van der Waals surface area (Å²) >= 11 is 0. The van der Waals surface area contributed by atoms with Crippen LogP contribution in [-0.4, -0.2) is 162 Å². The first kappa shape index (κ1) is 40.6. The summed E-state index contributed by atoms with van der Waals surface area (Å²) < 4.78 is 48.8. The molecule has 0 bridgehead atoms. The Morgan fingerprint density at radius 1 is 0.811 bits per heavy atom. The highest BCUT2D eigenvalue weighted by molar-refractivity contribution is 5.89. The van der Waals surface area contributed by atoms with E-state index in [9.17, 15) is 50.4 Å².